The maximum atomic E-state index is 11.9. The summed E-state index contributed by atoms with van der Waals surface area (Å²) in [5, 5.41) is 12.2. The van der Waals surface area contributed by atoms with Crippen LogP contribution in [0.4, 0.5) is 6.01 Å². The van der Waals surface area contributed by atoms with Gasteiger partial charge in [-0.15, -0.1) is 0 Å². The zero-order chi connectivity index (χ0) is 16.9. The molecule has 1 unspecified atom stereocenters. The third-order valence-electron chi connectivity index (χ3n) is 4.26. The van der Waals surface area contributed by atoms with Gasteiger partial charge in [-0.25, -0.2) is 0 Å². The molecule has 0 aliphatic carbocycles. The van der Waals surface area contributed by atoms with Crippen molar-refractivity contribution in [3.63, 3.8) is 0 Å². The number of aliphatic hydroxyl groups excluding tert-OH is 1. The van der Waals surface area contributed by atoms with Gasteiger partial charge < -0.3 is 19.7 Å². The summed E-state index contributed by atoms with van der Waals surface area (Å²) in [4.78, 5) is 18.6. The number of nitrogens with zero attached hydrogens (tertiary/aromatic N) is 2. The summed E-state index contributed by atoms with van der Waals surface area (Å²) in [5.41, 5.74) is 1.47. The highest BCUT2D eigenvalue weighted by molar-refractivity contribution is 6.31. The van der Waals surface area contributed by atoms with Gasteiger partial charge in [-0.3, -0.25) is 4.79 Å². The van der Waals surface area contributed by atoms with Gasteiger partial charge in [-0.2, -0.15) is 4.98 Å². The number of aliphatic hydroxyl groups is 1. The molecule has 6 nitrogen and oxygen atoms in total. The summed E-state index contributed by atoms with van der Waals surface area (Å²) in [6.45, 7) is 2.26. The van der Waals surface area contributed by atoms with Gasteiger partial charge in [-0.1, -0.05) is 11.6 Å². The molecular formula is C17H22ClN3O3. The molecule has 0 saturated carbocycles. The molecule has 1 atom stereocenters. The molecule has 24 heavy (non-hydrogen) atoms. The van der Waals surface area contributed by atoms with Gasteiger partial charge in [0.25, 0.3) is 6.01 Å². The molecule has 1 aromatic heterocycles. The first-order valence-corrected chi connectivity index (χ1v) is 8.72. The van der Waals surface area contributed by atoms with Gasteiger partial charge in [0, 0.05) is 43.8 Å². The largest absolute Gasteiger partial charge is 0.423 e. The smallest absolute Gasteiger partial charge is 0.298 e. The van der Waals surface area contributed by atoms with Crippen LogP contribution in [0.5, 0.6) is 0 Å². The molecule has 130 valence electrons. The molecule has 3 rings (SSSR count). The highest BCUT2D eigenvalue weighted by atomic mass is 35.5. The zero-order valence-corrected chi connectivity index (χ0v) is 14.3. The van der Waals surface area contributed by atoms with Gasteiger partial charge in [0.15, 0.2) is 5.58 Å². The second-order valence-electron chi connectivity index (χ2n) is 6.19. The summed E-state index contributed by atoms with van der Waals surface area (Å²) in [6.07, 6.45) is 3.12. The fraction of sp³-hybridized carbons (Fsp3) is 0.529. The minimum absolute atomic E-state index is 0.0413. The predicted octanol–water partition coefficient (Wildman–Crippen LogP) is 2.59. The lowest BCUT2D eigenvalue weighted by molar-refractivity contribution is -0.122. The number of carbonyl (C=O) groups excluding carboxylic acids is 1. The third-order valence-corrected chi connectivity index (χ3v) is 4.49. The van der Waals surface area contributed by atoms with E-state index in [1.165, 1.54) is 0 Å². The van der Waals surface area contributed by atoms with E-state index in [1.807, 2.05) is 6.07 Å². The first kappa shape index (κ1) is 17.0. The van der Waals surface area contributed by atoms with Crippen LogP contribution in [0, 0.1) is 5.92 Å². The second-order valence-corrected chi connectivity index (χ2v) is 6.63. The molecule has 0 radical (unpaired) electrons. The average molecular weight is 352 g/mol. The average Bonchev–Trinajstić information content (AvgIpc) is 2.98. The highest BCUT2D eigenvalue weighted by Gasteiger charge is 2.25. The molecular weight excluding hydrogens is 330 g/mol. The number of hydrogen-bond donors (Lipinski definition) is 2. The van der Waals surface area contributed by atoms with E-state index in [9.17, 15) is 4.79 Å². The Labute approximate surface area is 145 Å². The van der Waals surface area contributed by atoms with Crippen LogP contribution in [-0.4, -0.2) is 42.2 Å². The number of nitrogens with one attached hydrogen (secondary N) is 1. The van der Waals surface area contributed by atoms with Crippen molar-refractivity contribution in [2.75, 3.05) is 31.1 Å². The number of oxazole rings is 1. The number of aromatic nitrogens is 1. The lowest BCUT2D eigenvalue weighted by Crippen LogP contribution is -2.38. The summed E-state index contributed by atoms with van der Waals surface area (Å²) in [5.74, 6) is 0.325. The Hall–Kier alpha value is -1.79. The number of rotatable bonds is 6. The summed E-state index contributed by atoms with van der Waals surface area (Å²) < 4.78 is 5.82. The fourth-order valence-corrected chi connectivity index (χ4v) is 3.23. The van der Waals surface area contributed by atoms with Crippen molar-refractivity contribution >= 4 is 34.6 Å². The van der Waals surface area contributed by atoms with Gasteiger partial charge in [0.2, 0.25) is 5.91 Å². The molecule has 2 N–H and O–H groups in total. The lowest BCUT2D eigenvalue weighted by atomic mass is 9.94. The van der Waals surface area contributed by atoms with E-state index in [2.05, 4.69) is 15.2 Å². The van der Waals surface area contributed by atoms with Crippen LogP contribution < -0.4 is 10.2 Å². The number of hydrogen-bond acceptors (Lipinski definition) is 5. The van der Waals surface area contributed by atoms with Crippen LogP contribution in [0.15, 0.2) is 22.6 Å². The number of halogens is 1. The fourth-order valence-electron chi connectivity index (χ4n) is 3.07. The second kappa shape index (κ2) is 7.85. The summed E-state index contributed by atoms with van der Waals surface area (Å²) in [6, 6.07) is 6.01. The first-order chi connectivity index (χ1) is 11.7. The van der Waals surface area contributed by atoms with E-state index >= 15 is 0 Å². The Morgan fingerprint density at radius 1 is 1.50 bits per heavy atom. The van der Waals surface area contributed by atoms with Crippen LogP contribution in [0.25, 0.3) is 11.1 Å². The molecule has 0 spiro atoms. The van der Waals surface area contributed by atoms with Crippen molar-refractivity contribution in [2.45, 2.75) is 25.7 Å². The van der Waals surface area contributed by atoms with Gasteiger partial charge in [0.05, 0.1) is 0 Å². The minimum atomic E-state index is 0.0413. The minimum Gasteiger partial charge on any atom is -0.423 e. The molecule has 0 bridgehead atoms. The SMILES string of the molecule is O=C(CC1CCCN(c2nc3ccc(Cl)cc3o2)C1)NCCCO. The molecule has 1 amide bonds. The summed E-state index contributed by atoms with van der Waals surface area (Å²) in [7, 11) is 0. The third kappa shape index (κ3) is 4.19. The monoisotopic (exact) mass is 351 g/mol. The normalized spacial score (nSPS) is 18.1. The maximum absolute atomic E-state index is 11.9. The van der Waals surface area contributed by atoms with Crippen LogP contribution in [0.3, 0.4) is 0 Å². The molecule has 1 saturated heterocycles. The number of benzene rings is 1. The van der Waals surface area contributed by atoms with Gasteiger partial charge in [-0.05, 0) is 37.3 Å². The standard InChI is InChI=1S/C17H22ClN3O3/c18-13-4-5-14-15(10-13)24-17(20-14)21-7-1-3-12(11-21)9-16(23)19-6-2-8-22/h4-5,10,12,22H,1-3,6-9,11H2,(H,19,23). The van der Waals surface area contributed by atoms with Crippen molar-refractivity contribution < 1.29 is 14.3 Å². The Kier molecular flexibility index (Phi) is 5.58. The molecule has 1 aliphatic rings. The molecule has 1 aliphatic heterocycles. The Balaban J connectivity index is 1.61. The van der Waals surface area contributed by atoms with Crippen LogP contribution in [0.2, 0.25) is 5.02 Å². The Morgan fingerprint density at radius 3 is 3.21 bits per heavy atom. The summed E-state index contributed by atoms with van der Waals surface area (Å²) >= 11 is 5.98. The lowest BCUT2D eigenvalue weighted by Gasteiger charge is -2.31. The van der Waals surface area contributed by atoms with Gasteiger partial charge >= 0.3 is 0 Å². The number of anilines is 1. The van der Waals surface area contributed by atoms with E-state index in [4.69, 9.17) is 21.1 Å². The van der Waals surface area contributed by atoms with Crippen molar-refractivity contribution in [2.24, 2.45) is 5.92 Å². The quantitative estimate of drug-likeness (QED) is 0.782. The van der Waals surface area contributed by atoms with E-state index in [0.29, 0.717) is 36.0 Å². The zero-order valence-electron chi connectivity index (χ0n) is 13.5. The number of piperidine rings is 1. The topological polar surface area (TPSA) is 78.6 Å². The first-order valence-electron chi connectivity index (χ1n) is 8.34. The number of fused-ring (bicyclic) bond motifs is 1. The van der Waals surface area contributed by atoms with Crippen molar-refractivity contribution in [1.82, 2.24) is 10.3 Å². The van der Waals surface area contributed by atoms with Crippen LogP contribution in [0.1, 0.15) is 25.7 Å². The molecule has 1 aromatic carbocycles. The van der Waals surface area contributed by atoms with Crippen molar-refractivity contribution in [1.29, 1.82) is 0 Å². The van der Waals surface area contributed by atoms with E-state index < -0.39 is 0 Å². The van der Waals surface area contributed by atoms with E-state index in [1.54, 1.807) is 12.1 Å². The van der Waals surface area contributed by atoms with Crippen LogP contribution >= 0.6 is 11.6 Å². The Morgan fingerprint density at radius 2 is 2.38 bits per heavy atom. The van der Waals surface area contributed by atoms with E-state index in [0.717, 1.165) is 31.4 Å². The van der Waals surface area contributed by atoms with E-state index in [-0.39, 0.29) is 18.4 Å². The predicted molar refractivity (Wildman–Crippen MR) is 93.3 cm³/mol. The van der Waals surface area contributed by atoms with Crippen molar-refractivity contribution in [3.05, 3.63) is 23.2 Å². The van der Waals surface area contributed by atoms with Gasteiger partial charge in [0.1, 0.15) is 5.52 Å². The maximum Gasteiger partial charge on any atom is 0.298 e. The van der Waals surface area contributed by atoms with Crippen molar-refractivity contribution in [3.8, 4) is 0 Å². The number of carbonyl (C=O) groups is 1. The molecule has 2 aromatic rings. The highest BCUT2D eigenvalue weighted by Crippen LogP contribution is 2.28. The molecule has 1 fully saturated rings. The Bertz CT molecular complexity index is 703. The number of amides is 1. The molecule has 2 heterocycles. The molecule has 7 heteroatoms. The van der Waals surface area contributed by atoms with Crippen LogP contribution in [-0.2, 0) is 4.79 Å².